The monoisotopic (exact) mass is 396 g/mol. The largest absolute Gasteiger partial charge is 0.300 e. The first-order valence-corrected chi connectivity index (χ1v) is 9.53. The highest BCUT2D eigenvalue weighted by atomic mass is 16.2. The van der Waals surface area contributed by atoms with Gasteiger partial charge >= 0.3 is 0 Å². The van der Waals surface area contributed by atoms with Crippen LogP contribution >= 0.6 is 0 Å². The van der Waals surface area contributed by atoms with Crippen LogP contribution in [0, 0.1) is 0 Å². The summed E-state index contributed by atoms with van der Waals surface area (Å²) >= 11 is 0. The van der Waals surface area contributed by atoms with Crippen LogP contribution in [0.1, 0.15) is 31.8 Å². The lowest BCUT2D eigenvalue weighted by Crippen LogP contribution is -2.29. The van der Waals surface area contributed by atoms with E-state index in [-0.39, 0.29) is 13.1 Å². The second kappa shape index (κ2) is 6.77. The van der Waals surface area contributed by atoms with E-state index >= 15 is 0 Å². The van der Waals surface area contributed by atoms with Crippen molar-refractivity contribution < 1.29 is 19.2 Å². The summed E-state index contributed by atoms with van der Waals surface area (Å²) in [5, 5.41) is 0. The summed E-state index contributed by atoms with van der Waals surface area (Å²) in [4.78, 5) is 51.9. The normalized spacial score (nSPS) is 15.1. The van der Waals surface area contributed by atoms with Gasteiger partial charge < -0.3 is 9.80 Å². The number of hydrogen-bond donors (Lipinski definition) is 0. The van der Waals surface area contributed by atoms with Gasteiger partial charge in [-0.05, 0) is 35.4 Å². The minimum absolute atomic E-state index is 0.284. The molecule has 0 aromatic heterocycles. The van der Waals surface area contributed by atoms with Crippen molar-refractivity contribution in [2.75, 3.05) is 9.80 Å². The maximum Gasteiger partial charge on any atom is 0.299 e. The molecule has 0 saturated heterocycles. The van der Waals surface area contributed by atoms with E-state index in [2.05, 4.69) is 0 Å². The van der Waals surface area contributed by atoms with Gasteiger partial charge in [0.2, 0.25) is 0 Å². The number of carbonyl (C=O) groups excluding carboxylic acids is 4. The van der Waals surface area contributed by atoms with Crippen molar-refractivity contribution in [1.82, 2.24) is 0 Å². The Bertz CT molecular complexity index is 1130. The Morgan fingerprint density at radius 2 is 0.867 bits per heavy atom. The Morgan fingerprint density at radius 3 is 1.27 bits per heavy atom. The molecule has 5 rings (SSSR count). The van der Waals surface area contributed by atoms with Crippen LogP contribution in [0.4, 0.5) is 11.4 Å². The maximum absolute atomic E-state index is 12.3. The number of hydrogen-bond acceptors (Lipinski definition) is 4. The van der Waals surface area contributed by atoms with Gasteiger partial charge in [-0.3, -0.25) is 19.2 Å². The van der Waals surface area contributed by atoms with Crippen molar-refractivity contribution in [2.24, 2.45) is 0 Å². The Labute approximate surface area is 172 Å². The average molecular weight is 396 g/mol. The zero-order valence-electron chi connectivity index (χ0n) is 15.9. The SMILES string of the molecule is O=C1C(=O)N(Cc2ccc(CN3C(=O)C(=O)c4ccccc43)cc2)c2ccccc21. The minimum Gasteiger partial charge on any atom is -0.300 e. The van der Waals surface area contributed by atoms with Crippen LogP contribution in [0.25, 0.3) is 0 Å². The van der Waals surface area contributed by atoms with Crippen LogP contribution in [0.15, 0.2) is 72.8 Å². The standard InChI is InChI=1S/C24H16N2O4/c27-21-17-5-1-3-7-19(17)25(23(21)29)13-15-9-11-16(12-10-15)14-26-20-8-4-2-6-18(20)22(28)24(26)30/h1-12H,13-14H2. The molecule has 30 heavy (non-hydrogen) atoms. The number of fused-ring (bicyclic) bond motifs is 2. The van der Waals surface area contributed by atoms with E-state index < -0.39 is 23.4 Å². The molecule has 2 amide bonds. The lowest BCUT2D eigenvalue weighted by molar-refractivity contribution is -0.115. The third-order valence-corrected chi connectivity index (χ3v) is 5.46. The summed E-state index contributed by atoms with van der Waals surface area (Å²) in [5.74, 6) is -2.03. The highest BCUT2D eigenvalue weighted by molar-refractivity contribution is 6.52. The van der Waals surface area contributed by atoms with Crippen molar-refractivity contribution in [2.45, 2.75) is 13.1 Å². The fraction of sp³-hybridized carbons (Fsp3) is 0.0833. The zero-order valence-corrected chi connectivity index (χ0v) is 15.9. The quantitative estimate of drug-likeness (QED) is 0.635. The van der Waals surface area contributed by atoms with Crippen molar-refractivity contribution in [1.29, 1.82) is 0 Å². The first-order chi connectivity index (χ1) is 14.5. The molecule has 0 spiro atoms. The summed E-state index contributed by atoms with van der Waals surface area (Å²) in [7, 11) is 0. The number of anilines is 2. The van der Waals surface area contributed by atoms with Crippen LogP contribution in [0.3, 0.4) is 0 Å². The Balaban J connectivity index is 1.35. The third kappa shape index (κ3) is 2.73. The van der Waals surface area contributed by atoms with Crippen molar-refractivity contribution in [3.05, 3.63) is 95.1 Å². The number of para-hydroxylation sites is 2. The molecule has 6 nitrogen and oxygen atoms in total. The fourth-order valence-electron chi connectivity index (χ4n) is 3.93. The summed E-state index contributed by atoms with van der Waals surface area (Å²) < 4.78 is 0. The number of rotatable bonds is 4. The van der Waals surface area contributed by atoms with E-state index in [0.717, 1.165) is 11.1 Å². The predicted octanol–water partition coefficient (Wildman–Crippen LogP) is 3.15. The Morgan fingerprint density at radius 1 is 0.500 bits per heavy atom. The van der Waals surface area contributed by atoms with Gasteiger partial charge in [-0.2, -0.15) is 0 Å². The summed E-state index contributed by atoms with van der Waals surface area (Å²) in [6.07, 6.45) is 0. The molecule has 0 aliphatic carbocycles. The van der Waals surface area contributed by atoms with Gasteiger partial charge in [0.05, 0.1) is 35.6 Å². The number of amides is 2. The van der Waals surface area contributed by atoms with E-state index in [0.29, 0.717) is 22.5 Å². The number of carbonyl (C=O) groups is 4. The number of Topliss-reactive ketones (excluding diaryl/α,β-unsaturated/α-hetero) is 2. The van der Waals surface area contributed by atoms with Gasteiger partial charge in [-0.15, -0.1) is 0 Å². The van der Waals surface area contributed by atoms with Crippen LogP contribution < -0.4 is 9.80 Å². The molecule has 0 N–H and O–H groups in total. The number of ketones is 2. The minimum atomic E-state index is -0.530. The number of benzene rings is 3. The van der Waals surface area contributed by atoms with Gasteiger partial charge in [-0.25, -0.2) is 0 Å². The molecule has 2 aliphatic rings. The van der Waals surface area contributed by atoms with Gasteiger partial charge in [0.25, 0.3) is 23.4 Å². The Kier molecular flexibility index (Phi) is 4.06. The molecule has 3 aromatic rings. The van der Waals surface area contributed by atoms with Crippen LogP contribution in [0.2, 0.25) is 0 Å². The van der Waals surface area contributed by atoms with Crippen molar-refractivity contribution in [3.63, 3.8) is 0 Å². The van der Waals surface area contributed by atoms with Crippen molar-refractivity contribution in [3.8, 4) is 0 Å². The van der Waals surface area contributed by atoms with E-state index in [1.165, 1.54) is 9.80 Å². The molecule has 0 saturated carbocycles. The zero-order chi connectivity index (χ0) is 20.8. The molecule has 0 fully saturated rings. The molecule has 2 aliphatic heterocycles. The molecule has 0 atom stereocenters. The molecule has 2 heterocycles. The molecular weight excluding hydrogens is 380 g/mol. The molecule has 0 bridgehead atoms. The predicted molar refractivity (Wildman–Crippen MR) is 110 cm³/mol. The molecule has 146 valence electrons. The van der Waals surface area contributed by atoms with Gasteiger partial charge in [0.1, 0.15) is 0 Å². The smallest absolute Gasteiger partial charge is 0.299 e. The van der Waals surface area contributed by atoms with E-state index in [1.807, 2.05) is 24.3 Å². The van der Waals surface area contributed by atoms with Crippen LogP contribution in [-0.2, 0) is 22.7 Å². The molecule has 6 heteroatoms. The molecule has 3 aromatic carbocycles. The van der Waals surface area contributed by atoms with E-state index in [1.54, 1.807) is 48.5 Å². The second-order valence-corrected chi connectivity index (χ2v) is 7.29. The lowest BCUT2D eigenvalue weighted by Gasteiger charge is -2.18. The van der Waals surface area contributed by atoms with Gasteiger partial charge in [0, 0.05) is 0 Å². The highest BCUT2D eigenvalue weighted by Gasteiger charge is 2.36. The summed E-state index contributed by atoms with van der Waals surface area (Å²) in [6.45, 7) is 0.567. The van der Waals surface area contributed by atoms with Crippen LogP contribution in [-0.4, -0.2) is 23.4 Å². The highest BCUT2D eigenvalue weighted by Crippen LogP contribution is 2.31. The maximum atomic E-state index is 12.3. The molecular formula is C24H16N2O4. The molecule has 0 radical (unpaired) electrons. The first kappa shape index (κ1) is 18.0. The summed E-state index contributed by atoms with van der Waals surface area (Å²) in [5.41, 5.74) is 3.82. The average Bonchev–Trinajstić information content (AvgIpc) is 3.16. The van der Waals surface area contributed by atoms with Crippen LogP contribution in [0.5, 0.6) is 0 Å². The van der Waals surface area contributed by atoms with Crippen molar-refractivity contribution >= 4 is 34.8 Å². The Hall–Kier alpha value is -4.06. The number of nitrogens with zero attached hydrogens (tertiary/aromatic N) is 2. The van der Waals surface area contributed by atoms with Gasteiger partial charge in [0.15, 0.2) is 0 Å². The third-order valence-electron chi connectivity index (χ3n) is 5.46. The lowest BCUT2D eigenvalue weighted by atomic mass is 10.1. The summed E-state index contributed by atoms with van der Waals surface area (Å²) in [6, 6.07) is 21.4. The first-order valence-electron chi connectivity index (χ1n) is 9.53. The molecule has 0 unspecified atom stereocenters. The fourth-order valence-corrected chi connectivity index (χ4v) is 3.93. The van der Waals surface area contributed by atoms with Gasteiger partial charge in [-0.1, -0.05) is 48.5 Å². The van der Waals surface area contributed by atoms with E-state index in [4.69, 9.17) is 0 Å². The topological polar surface area (TPSA) is 74.8 Å². The second-order valence-electron chi connectivity index (χ2n) is 7.29. The van der Waals surface area contributed by atoms with E-state index in [9.17, 15) is 19.2 Å².